The molecular formula is C78H56N2. The highest BCUT2D eigenvalue weighted by Gasteiger charge is 2.42. The fraction of sp³-hybridized carbons (Fsp3) is 0.0769. The highest BCUT2D eigenvalue weighted by atomic mass is 15.0. The summed E-state index contributed by atoms with van der Waals surface area (Å²) in [7, 11) is 0. The molecule has 0 saturated heterocycles. The molecule has 2 heterocycles. The second-order valence-corrected chi connectivity index (χ2v) is 23.3. The van der Waals surface area contributed by atoms with Crippen LogP contribution in [0.2, 0.25) is 0 Å². The molecule has 2 aliphatic rings. The Hall–Kier alpha value is -9.76. The first-order valence-electron chi connectivity index (χ1n) is 28.1. The zero-order chi connectivity index (χ0) is 53.4. The van der Waals surface area contributed by atoms with Gasteiger partial charge in [0.15, 0.2) is 0 Å². The molecule has 0 amide bonds. The van der Waals surface area contributed by atoms with Crippen molar-refractivity contribution in [2.24, 2.45) is 0 Å². The van der Waals surface area contributed by atoms with Crippen LogP contribution in [0.25, 0.3) is 134 Å². The summed E-state index contributed by atoms with van der Waals surface area (Å²) in [6.07, 6.45) is 4.44. The van der Waals surface area contributed by atoms with Crippen molar-refractivity contribution in [3.05, 3.63) is 288 Å². The van der Waals surface area contributed by atoms with Gasteiger partial charge in [-0.1, -0.05) is 216 Å². The van der Waals surface area contributed by atoms with Gasteiger partial charge in [-0.3, -0.25) is 0 Å². The van der Waals surface area contributed by atoms with Gasteiger partial charge in [0.1, 0.15) is 0 Å². The maximum Gasteiger partial charge on any atom is 0.0541 e. The van der Waals surface area contributed by atoms with Gasteiger partial charge in [0.25, 0.3) is 0 Å². The van der Waals surface area contributed by atoms with E-state index in [2.05, 4.69) is 304 Å². The Bertz CT molecular complexity index is 4900. The van der Waals surface area contributed by atoms with E-state index in [9.17, 15) is 0 Å². The Balaban J connectivity index is 0.653. The molecule has 12 aromatic carbocycles. The Labute approximate surface area is 466 Å². The molecule has 0 N–H and O–H groups in total. The van der Waals surface area contributed by atoms with Gasteiger partial charge in [-0.05, 0) is 173 Å². The van der Waals surface area contributed by atoms with E-state index in [0.29, 0.717) is 0 Å². The van der Waals surface area contributed by atoms with Crippen LogP contribution in [0.4, 0.5) is 0 Å². The van der Waals surface area contributed by atoms with E-state index in [1.54, 1.807) is 0 Å². The van der Waals surface area contributed by atoms with Crippen molar-refractivity contribution in [3.8, 4) is 67.0 Å². The van der Waals surface area contributed by atoms with Crippen LogP contribution in [-0.4, -0.2) is 9.13 Å². The molecule has 0 fully saturated rings. The van der Waals surface area contributed by atoms with Crippen LogP contribution in [0.5, 0.6) is 0 Å². The lowest BCUT2D eigenvalue weighted by atomic mass is 9.79. The Kier molecular flexibility index (Phi) is 10.1. The Morgan fingerprint density at radius 1 is 0.275 bits per heavy atom. The third-order valence-corrected chi connectivity index (χ3v) is 18.1. The van der Waals surface area contributed by atoms with Crippen molar-refractivity contribution in [2.75, 3.05) is 0 Å². The number of aromatic nitrogens is 2. The van der Waals surface area contributed by atoms with Crippen LogP contribution in [0, 0.1) is 0 Å². The SMILES string of the molecule is CC1(C)c2cc(-c3ccc(C=Cc4ccc(-c5ccc6c(c5)c5ccccc5n6-c5ccccc5)cc4)cc3)ccc2-c2cc3c(cc21)-c1ccc(-c2ccc4c(c2)c2ccccc2n4-c2cccc4ccccc24)cc1C3(C)C. The first-order chi connectivity index (χ1) is 39.2. The monoisotopic (exact) mass is 1020 g/mol. The molecule has 2 heteroatoms. The molecule has 16 rings (SSSR count). The summed E-state index contributed by atoms with van der Waals surface area (Å²) in [6, 6.07) is 94.9. The van der Waals surface area contributed by atoms with Gasteiger partial charge >= 0.3 is 0 Å². The summed E-state index contributed by atoms with van der Waals surface area (Å²) in [6.45, 7) is 9.66. The van der Waals surface area contributed by atoms with Crippen molar-refractivity contribution in [2.45, 2.75) is 38.5 Å². The van der Waals surface area contributed by atoms with E-state index in [-0.39, 0.29) is 10.8 Å². The van der Waals surface area contributed by atoms with Crippen molar-refractivity contribution in [1.29, 1.82) is 0 Å². The summed E-state index contributed by atoms with van der Waals surface area (Å²) in [4.78, 5) is 0. The molecule has 14 aromatic rings. The highest BCUT2D eigenvalue weighted by molar-refractivity contribution is 6.12. The van der Waals surface area contributed by atoms with Crippen molar-refractivity contribution in [1.82, 2.24) is 9.13 Å². The van der Waals surface area contributed by atoms with Gasteiger partial charge in [0.2, 0.25) is 0 Å². The minimum atomic E-state index is -0.167. The van der Waals surface area contributed by atoms with Gasteiger partial charge in [0.05, 0.1) is 27.8 Å². The molecule has 0 atom stereocenters. The minimum absolute atomic E-state index is 0.156. The molecule has 2 aromatic heterocycles. The van der Waals surface area contributed by atoms with Crippen molar-refractivity contribution in [3.63, 3.8) is 0 Å². The number of benzene rings is 12. The fourth-order valence-corrected chi connectivity index (χ4v) is 13.9. The predicted octanol–water partition coefficient (Wildman–Crippen LogP) is 20.8. The normalized spacial score (nSPS) is 13.9. The topological polar surface area (TPSA) is 9.86 Å². The zero-order valence-corrected chi connectivity index (χ0v) is 45.3. The van der Waals surface area contributed by atoms with Gasteiger partial charge < -0.3 is 9.13 Å². The lowest BCUT2D eigenvalue weighted by Crippen LogP contribution is -2.17. The molecule has 2 aliphatic carbocycles. The summed E-state index contributed by atoms with van der Waals surface area (Å²) in [5, 5.41) is 7.58. The van der Waals surface area contributed by atoms with Crippen molar-refractivity contribution >= 4 is 66.5 Å². The number of rotatable bonds is 7. The molecule has 0 saturated carbocycles. The van der Waals surface area contributed by atoms with E-state index in [4.69, 9.17) is 0 Å². The van der Waals surface area contributed by atoms with E-state index < -0.39 is 0 Å². The molecule has 0 radical (unpaired) electrons. The maximum atomic E-state index is 2.53. The van der Waals surface area contributed by atoms with Crippen LogP contribution < -0.4 is 0 Å². The molecule has 80 heavy (non-hydrogen) atoms. The summed E-state index contributed by atoms with van der Waals surface area (Å²) in [5.74, 6) is 0. The minimum Gasteiger partial charge on any atom is -0.309 e. The van der Waals surface area contributed by atoms with Gasteiger partial charge in [-0.15, -0.1) is 0 Å². The fourth-order valence-electron chi connectivity index (χ4n) is 13.9. The average molecular weight is 1020 g/mol. The zero-order valence-electron chi connectivity index (χ0n) is 45.3. The van der Waals surface area contributed by atoms with E-state index in [0.717, 1.165) is 0 Å². The van der Waals surface area contributed by atoms with Crippen LogP contribution in [-0.2, 0) is 10.8 Å². The number of fused-ring (bicyclic) bond motifs is 13. The average Bonchev–Trinajstić information content (AvgIpc) is 4.24. The molecule has 2 nitrogen and oxygen atoms in total. The first kappa shape index (κ1) is 46.3. The van der Waals surface area contributed by atoms with Crippen LogP contribution in [0.3, 0.4) is 0 Å². The van der Waals surface area contributed by atoms with Crippen LogP contribution in [0.15, 0.2) is 255 Å². The molecule has 0 bridgehead atoms. The van der Waals surface area contributed by atoms with Crippen LogP contribution >= 0.6 is 0 Å². The van der Waals surface area contributed by atoms with Gasteiger partial charge in [-0.25, -0.2) is 0 Å². The largest absolute Gasteiger partial charge is 0.309 e. The number of para-hydroxylation sites is 3. The third-order valence-electron chi connectivity index (χ3n) is 18.1. The second-order valence-electron chi connectivity index (χ2n) is 23.3. The quantitative estimate of drug-likeness (QED) is 0.141. The Morgan fingerprint density at radius 2 is 0.675 bits per heavy atom. The van der Waals surface area contributed by atoms with E-state index in [1.807, 2.05) is 0 Å². The van der Waals surface area contributed by atoms with Gasteiger partial charge in [-0.2, -0.15) is 0 Å². The lowest BCUT2D eigenvalue weighted by molar-refractivity contribution is 0.652. The first-order valence-corrected chi connectivity index (χ1v) is 28.1. The molecule has 0 spiro atoms. The molecule has 0 unspecified atom stereocenters. The van der Waals surface area contributed by atoms with E-state index >= 15 is 0 Å². The summed E-state index contributed by atoms with van der Waals surface area (Å²) >= 11 is 0. The lowest BCUT2D eigenvalue weighted by Gasteiger charge is -2.24. The third kappa shape index (κ3) is 6.98. The van der Waals surface area contributed by atoms with Gasteiger partial charge in [0, 0.05) is 43.4 Å². The predicted molar refractivity (Wildman–Crippen MR) is 339 cm³/mol. The highest BCUT2D eigenvalue weighted by Crippen LogP contribution is 2.57. The second kappa shape index (κ2) is 17.4. The number of hydrogen-bond donors (Lipinski definition) is 0. The Morgan fingerprint density at radius 3 is 1.25 bits per heavy atom. The summed E-state index contributed by atoms with van der Waals surface area (Å²) in [5.41, 5.74) is 27.7. The van der Waals surface area contributed by atoms with E-state index in [1.165, 1.54) is 155 Å². The number of nitrogens with zero attached hydrogens (tertiary/aromatic N) is 2. The molecular weight excluding hydrogens is 965 g/mol. The smallest absolute Gasteiger partial charge is 0.0541 e. The van der Waals surface area contributed by atoms with Crippen LogP contribution in [0.1, 0.15) is 61.1 Å². The van der Waals surface area contributed by atoms with Crippen molar-refractivity contribution < 1.29 is 0 Å². The molecule has 0 aliphatic heterocycles. The summed E-state index contributed by atoms with van der Waals surface area (Å²) < 4.78 is 4.82. The maximum absolute atomic E-state index is 2.53. The standard InChI is InChI=1S/C78H56N2/c1-77(2)68-45-56(52-33-29-50(30-34-52)26-25-49-27-31-51(32-28-49)54-37-41-75-66(43-54)62-20-10-12-22-73(62)79(75)58-17-6-5-7-18-58)35-39-60(68)64-47-71-65(48-70(64)77)61-40-36-57(46-69(61)78(71,3)4)55-38-42-76-67(44-55)63-21-11-13-23-74(63)80(76)72-24-14-16-53-15-8-9-19-59(53)72/h5-48H,1-4H3. The molecule has 378 valence electrons. The number of hydrogen-bond acceptors (Lipinski definition) is 0.